The molecule has 88 valence electrons. The van der Waals surface area contributed by atoms with E-state index in [0.29, 0.717) is 11.8 Å². The van der Waals surface area contributed by atoms with E-state index < -0.39 is 11.9 Å². The molecule has 0 amide bonds. The van der Waals surface area contributed by atoms with Gasteiger partial charge in [0.25, 0.3) is 0 Å². The topological polar surface area (TPSA) is 63.6 Å². The normalized spacial score (nSPS) is 48.3. The second-order valence-corrected chi connectivity index (χ2v) is 5.37. The highest BCUT2D eigenvalue weighted by Gasteiger charge is 2.80. The van der Waals surface area contributed by atoms with Crippen LogP contribution in [-0.4, -0.2) is 24.2 Å². The summed E-state index contributed by atoms with van der Waals surface area (Å²) in [6, 6.07) is 0. The van der Waals surface area contributed by atoms with Gasteiger partial charge in [-0.3, -0.25) is 9.59 Å². The minimum Gasteiger partial charge on any atom is -0.481 e. The fraction of sp³-hybridized carbons (Fsp3) is 0.833. The average molecular weight is 224 g/mol. The van der Waals surface area contributed by atoms with Crippen LogP contribution in [0.15, 0.2) is 0 Å². The lowest BCUT2D eigenvalue weighted by Gasteiger charge is -2.15. The largest absolute Gasteiger partial charge is 0.481 e. The number of carbonyl (C=O) groups excluding carboxylic acids is 1. The summed E-state index contributed by atoms with van der Waals surface area (Å²) in [5.41, 5.74) is -0.223. The van der Waals surface area contributed by atoms with Crippen molar-refractivity contribution in [3.05, 3.63) is 0 Å². The van der Waals surface area contributed by atoms with Crippen LogP contribution < -0.4 is 0 Å². The third-order valence-corrected chi connectivity index (χ3v) is 5.16. The van der Waals surface area contributed by atoms with Gasteiger partial charge in [0.05, 0.1) is 18.9 Å². The molecule has 2 bridgehead atoms. The van der Waals surface area contributed by atoms with Crippen LogP contribution in [0.2, 0.25) is 0 Å². The predicted octanol–water partition coefficient (Wildman–Crippen LogP) is 1.30. The summed E-state index contributed by atoms with van der Waals surface area (Å²) in [4.78, 5) is 22.9. The SMILES string of the molecule is COC(=O)[C@H]1[C@H](C(=O)O)C12C1CCC2CC1. The van der Waals surface area contributed by atoms with E-state index in [-0.39, 0.29) is 17.3 Å². The summed E-state index contributed by atoms with van der Waals surface area (Å²) in [6.07, 6.45) is 4.40. The zero-order valence-corrected chi connectivity index (χ0v) is 9.31. The zero-order chi connectivity index (χ0) is 11.5. The van der Waals surface area contributed by atoms with Gasteiger partial charge in [0.2, 0.25) is 0 Å². The molecule has 0 aromatic rings. The number of carbonyl (C=O) groups is 2. The van der Waals surface area contributed by atoms with E-state index in [1.807, 2.05) is 0 Å². The number of esters is 1. The maximum Gasteiger partial charge on any atom is 0.310 e. The van der Waals surface area contributed by atoms with E-state index in [2.05, 4.69) is 0 Å². The Morgan fingerprint density at radius 2 is 1.62 bits per heavy atom. The van der Waals surface area contributed by atoms with Gasteiger partial charge >= 0.3 is 11.9 Å². The molecule has 4 nitrogen and oxygen atoms in total. The number of hydrogen-bond donors (Lipinski definition) is 1. The minimum atomic E-state index is -0.811. The predicted molar refractivity (Wildman–Crippen MR) is 54.5 cm³/mol. The highest BCUT2D eigenvalue weighted by molar-refractivity contribution is 5.89. The van der Waals surface area contributed by atoms with E-state index in [4.69, 9.17) is 4.74 Å². The van der Waals surface area contributed by atoms with Crippen LogP contribution in [0, 0.1) is 29.1 Å². The quantitative estimate of drug-likeness (QED) is 0.718. The Labute approximate surface area is 94.0 Å². The number of rotatable bonds is 2. The first-order valence-corrected chi connectivity index (χ1v) is 5.94. The first kappa shape index (κ1) is 10.1. The minimum absolute atomic E-state index is 0.223. The van der Waals surface area contributed by atoms with Gasteiger partial charge in [-0.1, -0.05) is 0 Å². The smallest absolute Gasteiger partial charge is 0.310 e. The Balaban J connectivity index is 1.96. The van der Waals surface area contributed by atoms with E-state index in [1.165, 1.54) is 7.11 Å². The molecule has 16 heavy (non-hydrogen) atoms. The van der Waals surface area contributed by atoms with E-state index in [9.17, 15) is 14.7 Å². The number of carboxylic acids is 1. The van der Waals surface area contributed by atoms with E-state index in [0.717, 1.165) is 25.7 Å². The van der Waals surface area contributed by atoms with Crippen molar-refractivity contribution >= 4 is 11.9 Å². The maximum absolute atomic E-state index is 11.7. The average Bonchev–Trinajstić information content (AvgIpc) is 2.73. The summed E-state index contributed by atoms with van der Waals surface area (Å²) in [6.45, 7) is 0. The summed E-state index contributed by atoms with van der Waals surface area (Å²) >= 11 is 0. The van der Waals surface area contributed by atoms with Crippen LogP contribution in [0.25, 0.3) is 0 Å². The second-order valence-electron chi connectivity index (χ2n) is 5.37. The van der Waals surface area contributed by atoms with Gasteiger partial charge in [-0.05, 0) is 37.5 Å². The molecule has 0 saturated heterocycles. The molecule has 0 aromatic carbocycles. The lowest BCUT2D eigenvalue weighted by molar-refractivity contribution is -0.146. The van der Waals surface area contributed by atoms with Gasteiger partial charge in [-0.2, -0.15) is 0 Å². The molecule has 3 aliphatic carbocycles. The zero-order valence-electron chi connectivity index (χ0n) is 9.31. The molecule has 3 aliphatic rings. The monoisotopic (exact) mass is 224 g/mol. The number of aliphatic carboxylic acids is 1. The van der Waals surface area contributed by atoms with Crippen LogP contribution in [0.5, 0.6) is 0 Å². The fourth-order valence-electron chi connectivity index (χ4n) is 4.69. The highest BCUT2D eigenvalue weighted by atomic mass is 16.5. The molecule has 0 radical (unpaired) electrons. The lowest BCUT2D eigenvalue weighted by atomic mass is 9.89. The summed E-state index contributed by atoms with van der Waals surface area (Å²) < 4.78 is 4.76. The van der Waals surface area contributed by atoms with Gasteiger partial charge in [-0.15, -0.1) is 0 Å². The second kappa shape index (κ2) is 2.99. The van der Waals surface area contributed by atoms with E-state index >= 15 is 0 Å². The van der Waals surface area contributed by atoms with Crippen molar-refractivity contribution in [2.45, 2.75) is 25.7 Å². The van der Waals surface area contributed by atoms with Crippen molar-refractivity contribution in [1.29, 1.82) is 0 Å². The van der Waals surface area contributed by atoms with Gasteiger partial charge in [0.1, 0.15) is 0 Å². The first-order valence-electron chi connectivity index (χ1n) is 5.94. The van der Waals surface area contributed by atoms with Crippen LogP contribution in [0.3, 0.4) is 0 Å². The van der Waals surface area contributed by atoms with Gasteiger partial charge in [0.15, 0.2) is 0 Å². The summed E-state index contributed by atoms with van der Waals surface area (Å²) in [5, 5.41) is 9.25. The third-order valence-electron chi connectivity index (χ3n) is 5.16. The molecule has 0 aromatic heterocycles. The Bertz CT molecular complexity index is 342. The highest BCUT2D eigenvalue weighted by Crippen LogP contribution is 2.77. The van der Waals surface area contributed by atoms with Crippen molar-refractivity contribution in [3.63, 3.8) is 0 Å². The van der Waals surface area contributed by atoms with Gasteiger partial charge in [-0.25, -0.2) is 0 Å². The van der Waals surface area contributed by atoms with Gasteiger partial charge in [0, 0.05) is 5.41 Å². The van der Waals surface area contributed by atoms with Crippen LogP contribution in [0.1, 0.15) is 25.7 Å². The molecule has 0 heterocycles. The Morgan fingerprint density at radius 3 is 2.00 bits per heavy atom. The molecular weight excluding hydrogens is 208 g/mol. The lowest BCUT2D eigenvalue weighted by Crippen LogP contribution is -2.17. The number of carboxylic acid groups (broad SMARTS) is 1. The maximum atomic E-state index is 11.7. The molecule has 3 fully saturated rings. The molecule has 0 aliphatic heterocycles. The number of methoxy groups -OCH3 is 1. The summed E-state index contributed by atoms with van der Waals surface area (Å²) in [7, 11) is 1.35. The molecular formula is C12H16O4. The van der Waals surface area contributed by atoms with Crippen molar-refractivity contribution < 1.29 is 19.4 Å². The molecule has 3 rings (SSSR count). The number of hydrogen-bond acceptors (Lipinski definition) is 3. The molecule has 4 heteroatoms. The van der Waals surface area contributed by atoms with Crippen molar-refractivity contribution in [1.82, 2.24) is 0 Å². The molecule has 0 unspecified atom stereocenters. The standard InChI is InChI=1S/C12H16O4/c1-16-11(15)9-8(10(13)14)12(9)6-2-3-7(12)5-4-6/h6-9H,2-5H2,1H3,(H,13,14)/t6?,7?,8-,9-,12?/m1/s1. The fourth-order valence-corrected chi connectivity index (χ4v) is 4.69. The van der Waals surface area contributed by atoms with Crippen molar-refractivity contribution in [3.8, 4) is 0 Å². The van der Waals surface area contributed by atoms with Crippen molar-refractivity contribution in [2.24, 2.45) is 29.1 Å². The van der Waals surface area contributed by atoms with Crippen LogP contribution in [-0.2, 0) is 14.3 Å². The molecule has 2 atom stereocenters. The Kier molecular flexibility index (Phi) is 1.89. The van der Waals surface area contributed by atoms with E-state index in [1.54, 1.807) is 0 Å². The Hall–Kier alpha value is -1.06. The molecule has 3 saturated carbocycles. The number of ether oxygens (including phenoxy) is 1. The third kappa shape index (κ3) is 0.913. The molecule has 1 N–H and O–H groups in total. The van der Waals surface area contributed by atoms with Crippen LogP contribution >= 0.6 is 0 Å². The van der Waals surface area contributed by atoms with Crippen molar-refractivity contribution in [2.75, 3.05) is 7.11 Å². The summed E-state index contributed by atoms with van der Waals surface area (Å²) in [5.74, 6) is -1.07. The first-order chi connectivity index (χ1) is 7.64. The van der Waals surface area contributed by atoms with Gasteiger partial charge < -0.3 is 9.84 Å². The molecule has 1 spiro atoms. The van der Waals surface area contributed by atoms with Crippen LogP contribution in [0.4, 0.5) is 0 Å². The Morgan fingerprint density at radius 1 is 1.12 bits per heavy atom.